The molecule has 0 aromatic rings. The van der Waals surface area contributed by atoms with Gasteiger partial charge in [-0.05, 0) is 52.2 Å². The van der Waals surface area contributed by atoms with E-state index in [0.717, 1.165) is 12.1 Å². The van der Waals surface area contributed by atoms with E-state index in [1.807, 2.05) is 0 Å². The Morgan fingerprint density at radius 1 is 1.00 bits per heavy atom. The lowest BCUT2D eigenvalue weighted by Crippen LogP contribution is -2.40. The van der Waals surface area contributed by atoms with Crippen LogP contribution in [0.15, 0.2) is 0 Å². The average molecular weight is 224 g/mol. The Morgan fingerprint density at radius 3 is 2.44 bits per heavy atom. The van der Waals surface area contributed by atoms with Crippen molar-refractivity contribution in [3.8, 4) is 0 Å². The molecule has 1 heterocycles. The van der Waals surface area contributed by atoms with Crippen LogP contribution in [0.2, 0.25) is 0 Å². The second-order valence-electron chi connectivity index (χ2n) is 5.71. The predicted molar refractivity (Wildman–Crippen MR) is 69.8 cm³/mol. The Morgan fingerprint density at radius 2 is 1.75 bits per heavy atom. The van der Waals surface area contributed by atoms with Crippen LogP contribution in [0.25, 0.3) is 0 Å². The molecule has 16 heavy (non-hydrogen) atoms. The first-order valence-corrected chi connectivity index (χ1v) is 7.30. The summed E-state index contributed by atoms with van der Waals surface area (Å²) in [7, 11) is 2.33. The minimum Gasteiger partial charge on any atom is -0.314 e. The van der Waals surface area contributed by atoms with Gasteiger partial charge in [-0.15, -0.1) is 0 Å². The zero-order valence-corrected chi connectivity index (χ0v) is 10.9. The lowest BCUT2D eigenvalue weighted by atomic mass is 9.94. The van der Waals surface area contributed by atoms with Crippen molar-refractivity contribution in [3.63, 3.8) is 0 Å². The molecule has 2 fully saturated rings. The molecule has 0 amide bonds. The smallest absolute Gasteiger partial charge is 0.00922 e. The third kappa shape index (κ3) is 3.74. The largest absolute Gasteiger partial charge is 0.314 e. The summed E-state index contributed by atoms with van der Waals surface area (Å²) in [6, 6.07) is 1.69. The standard InChI is InChI=1S/C14H28N2/c1-16(14-8-3-2-4-9-14)12-10-13-7-5-6-11-15-13/h13-15H,2-12H2,1H3/t13-/m0/s1. The summed E-state index contributed by atoms with van der Waals surface area (Å²) < 4.78 is 0. The minimum atomic E-state index is 0.805. The summed E-state index contributed by atoms with van der Waals surface area (Å²) in [5, 5.41) is 3.65. The van der Waals surface area contributed by atoms with Gasteiger partial charge in [-0.3, -0.25) is 0 Å². The van der Waals surface area contributed by atoms with Gasteiger partial charge in [-0.2, -0.15) is 0 Å². The Bertz CT molecular complexity index is 181. The molecule has 0 aromatic carbocycles. The summed E-state index contributed by atoms with van der Waals surface area (Å²) in [5.41, 5.74) is 0. The van der Waals surface area contributed by atoms with E-state index >= 15 is 0 Å². The Labute approximate surface area is 101 Å². The number of hydrogen-bond donors (Lipinski definition) is 1. The molecular weight excluding hydrogens is 196 g/mol. The maximum atomic E-state index is 3.65. The molecule has 0 unspecified atom stereocenters. The van der Waals surface area contributed by atoms with Crippen LogP contribution >= 0.6 is 0 Å². The highest BCUT2D eigenvalue weighted by Gasteiger charge is 2.19. The molecule has 2 heteroatoms. The van der Waals surface area contributed by atoms with Crippen LogP contribution in [-0.2, 0) is 0 Å². The van der Waals surface area contributed by atoms with Gasteiger partial charge < -0.3 is 10.2 Å². The third-order valence-electron chi connectivity index (χ3n) is 4.44. The van der Waals surface area contributed by atoms with Gasteiger partial charge in [0, 0.05) is 12.1 Å². The Hall–Kier alpha value is -0.0800. The summed E-state index contributed by atoms with van der Waals surface area (Å²) in [5.74, 6) is 0. The molecule has 0 radical (unpaired) electrons. The normalized spacial score (nSPS) is 28.5. The molecule has 2 nitrogen and oxygen atoms in total. The zero-order valence-electron chi connectivity index (χ0n) is 10.9. The van der Waals surface area contributed by atoms with Crippen molar-refractivity contribution >= 4 is 0 Å². The first-order valence-electron chi connectivity index (χ1n) is 7.30. The van der Waals surface area contributed by atoms with Crippen molar-refractivity contribution in [3.05, 3.63) is 0 Å². The molecule has 94 valence electrons. The first kappa shape index (κ1) is 12.4. The molecule has 1 aliphatic heterocycles. The molecule has 1 saturated carbocycles. The van der Waals surface area contributed by atoms with E-state index in [1.165, 1.54) is 70.9 Å². The maximum absolute atomic E-state index is 3.65. The highest BCUT2D eigenvalue weighted by molar-refractivity contribution is 4.77. The lowest BCUT2D eigenvalue weighted by molar-refractivity contribution is 0.180. The summed E-state index contributed by atoms with van der Waals surface area (Å²) in [6.07, 6.45) is 12.8. The lowest BCUT2D eigenvalue weighted by Gasteiger charge is -2.33. The fourth-order valence-electron chi connectivity index (χ4n) is 3.23. The van der Waals surface area contributed by atoms with Gasteiger partial charge in [0.1, 0.15) is 0 Å². The van der Waals surface area contributed by atoms with Crippen LogP contribution in [0.5, 0.6) is 0 Å². The molecule has 0 aromatic heterocycles. The molecule has 0 spiro atoms. The number of piperidine rings is 1. The topological polar surface area (TPSA) is 15.3 Å². The van der Waals surface area contributed by atoms with Crippen molar-refractivity contribution in [1.29, 1.82) is 0 Å². The Balaban J connectivity index is 1.63. The number of nitrogens with zero attached hydrogens (tertiary/aromatic N) is 1. The highest BCUT2D eigenvalue weighted by atomic mass is 15.1. The van der Waals surface area contributed by atoms with E-state index in [2.05, 4.69) is 17.3 Å². The molecule has 1 saturated heterocycles. The van der Waals surface area contributed by atoms with Crippen molar-refractivity contribution in [2.45, 2.75) is 69.9 Å². The van der Waals surface area contributed by atoms with E-state index < -0.39 is 0 Å². The summed E-state index contributed by atoms with van der Waals surface area (Å²) in [6.45, 7) is 2.54. The molecule has 2 rings (SSSR count). The van der Waals surface area contributed by atoms with Gasteiger partial charge in [0.25, 0.3) is 0 Å². The second kappa shape index (κ2) is 6.61. The van der Waals surface area contributed by atoms with Gasteiger partial charge in [-0.25, -0.2) is 0 Å². The van der Waals surface area contributed by atoms with Crippen LogP contribution in [0.1, 0.15) is 57.8 Å². The molecule has 1 N–H and O–H groups in total. The van der Waals surface area contributed by atoms with Crippen molar-refractivity contribution < 1.29 is 0 Å². The van der Waals surface area contributed by atoms with E-state index in [1.54, 1.807) is 0 Å². The molecular formula is C14H28N2. The van der Waals surface area contributed by atoms with Crippen molar-refractivity contribution in [1.82, 2.24) is 10.2 Å². The quantitative estimate of drug-likeness (QED) is 0.790. The van der Waals surface area contributed by atoms with Crippen molar-refractivity contribution in [2.75, 3.05) is 20.1 Å². The number of nitrogens with one attached hydrogen (secondary N) is 1. The van der Waals surface area contributed by atoms with E-state index in [-0.39, 0.29) is 0 Å². The highest BCUT2D eigenvalue weighted by Crippen LogP contribution is 2.22. The SMILES string of the molecule is CN(CC[C@@H]1CCCCN1)C1CCCCC1. The fourth-order valence-corrected chi connectivity index (χ4v) is 3.23. The van der Waals surface area contributed by atoms with E-state index in [4.69, 9.17) is 0 Å². The number of hydrogen-bond acceptors (Lipinski definition) is 2. The van der Waals surface area contributed by atoms with Gasteiger partial charge in [0.05, 0.1) is 0 Å². The molecule has 1 aliphatic carbocycles. The van der Waals surface area contributed by atoms with E-state index in [0.29, 0.717) is 0 Å². The molecule has 2 aliphatic rings. The van der Waals surface area contributed by atoms with Crippen LogP contribution in [0.4, 0.5) is 0 Å². The fraction of sp³-hybridized carbons (Fsp3) is 1.00. The summed E-state index contributed by atoms with van der Waals surface area (Å²) in [4.78, 5) is 2.62. The van der Waals surface area contributed by atoms with Gasteiger partial charge in [0.2, 0.25) is 0 Å². The van der Waals surface area contributed by atoms with E-state index in [9.17, 15) is 0 Å². The third-order valence-corrected chi connectivity index (χ3v) is 4.44. The second-order valence-corrected chi connectivity index (χ2v) is 5.71. The molecule has 1 atom stereocenters. The maximum Gasteiger partial charge on any atom is 0.00922 e. The zero-order chi connectivity index (χ0) is 11.2. The van der Waals surface area contributed by atoms with Gasteiger partial charge in [-0.1, -0.05) is 25.7 Å². The minimum absolute atomic E-state index is 0.805. The monoisotopic (exact) mass is 224 g/mol. The van der Waals surface area contributed by atoms with Gasteiger partial charge in [0.15, 0.2) is 0 Å². The molecule has 0 bridgehead atoms. The van der Waals surface area contributed by atoms with Crippen LogP contribution in [-0.4, -0.2) is 37.1 Å². The van der Waals surface area contributed by atoms with Gasteiger partial charge >= 0.3 is 0 Å². The first-order chi connectivity index (χ1) is 7.86. The van der Waals surface area contributed by atoms with Crippen LogP contribution in [0.3, 0.4) is 0 Å². The summed E-state index contributed by atoms with van der Waals surface area (Å²) >= 11 is 0. The van der Waals surface area contributed by atoms with Crippen LogP contribution < -0.4 is 5.32 Å². The average Bonchev–Trinajstić information content (AvgIpc) is 2.38. The number of rotatable bonds is 4. The van der Waals surface area contributed by atoms with Crippen LogP contribution in [0, 0.1) is 0 Å². The van der Waals surface area contributed by atoms with Crippen molar-refractivity contribution in [2.24, 2.45) is 0 Å². The Kier molecular flexibility index (Phi) is 5.11. The predicted octanol–water partition coefficient (Wildman–Crippen LogP) is 2.78.